The number of halogens is 1. The van der Waals surface area contributed by atoms with Crippen LogP contribution in [0.1, 0.15) is 18.9 Å². The average Bonchev–Trinajstić information content (AvgIpc) is 2.93. The monoisotopic (exact) mass is 330 g/mol. The first-order valence-electron chi connectivity index (χ1n) is 6.31. The molecule has 1 aromatic heterocycles. The van der Waals surface area contributed by atoms with Crippen molar-refractivity contribution in [2.45, 2.75) is 24.8 Å². The van der Waals surface area contributed by atoms with E-state index in [1.807, 2.05) is 6.92 Å². The molecule has 2 rings (SSSR count). The van der Waals surface area contributed by atoms with Crippen LogP contribution in [0.4, 0.5) is 9.52 Å². The fraction of sp³-hybridized carbons (Fsp3) is 0.333. The minimum absolute atomic E-state index is 0.101. The van der Waals surface area contributed by atoms with Crippen molar-refractivity contribution in [3.63, 3.8) is 0 Å². The molecule has 0 atom stereocenters. The number of nitrogens with zero attached hydrogens (tertiary/aromatic N) is 2. The lowest BCUT2D eigenvalue weighted by Gasteiger charge is -2.09. The van der Waals surface area contributed by atoms with Gasteiger partial charge in [-0.05, 0) is 30.7 Å². The average molecular weight is 330 g/mol. The lowest BCUT2D eigenvalue weighted by atomic mass is 10.2. The van der Waals surface area contributed by atoms with E-state index in [1.54, 1.807) is 6.07 Å². The molecule has 114 valence electrons. The molecule has 2 aromatic rings. The molecular formula is C12H15FN4O2S2. The van der Waals surface area contributed by atoms with Crippen LogP contribution in [0, 0.1) is 5.82 Å². The van der Waals surface area contributed by atoms with Gasteiger partial charge in [0.25, 0.3) is 10.0 Å². The minimum atomic E-state index is -4.01. The van der Waals surface area contributed by atoms with Crippen LogP contribution in [0.2, 0.25) is 0 Å². The van der Waals surface area contributed by atoms with Gasteiger partial charge in [0.05, 0.1) is 0 Å². The van der Waals surface area contributed by atoms with Gasteiger partial charge in [0.2, 0.25) is 5.13 Å². The third-order valence-corrected chi connectivity index (χ3v) is 4.71. The van der Waals surface area contributed by atoms with Crippen LogP contribution in [0.25, 0.3) is 0 Å². The predicted molar refractivity (Wildman–Crippen MR) is 79.1 cm³/mol. The predicted octanol–water partition coefficient (Wildman–Crippen LogP) is 1.98. The van der Waals surface area contributed by atoms with Gasteiger partial charge in [0.1, 0.15) is 16.2 Å². The van der Waals surface area contributed by atoms with Gasteiger partial charge in [0, 0.05) is 6.54 Å². The Kier molecular flexibility index (Phi) is 5.21. The Morgan fingerprint density at radius 2 is 2.19 bits per heavy atom. The zero-order valence-corrected chi connectivity index (χ0v) is 13.0. The summed E-state index contributed by atoms with van der Waals surface area (Å²) >= 11 is 1.02. The summed E-state index contributed by atoms with van der Waals surface area (Å²) < 4.78 is 40.4. The summed E-state index contributed by atoms with van der Waals surface area (Å²) in [6.45, 7) is 3.32. The molecule has 0 saturated carbocycles. The number of sulfonamides is 1. The van der Waals surface area contributed by atoms with Crippen molar-refractivity contribution in [1.29, 1.82) is 0 Å². The van der Waals surface area contributed by atoms with E-state index in [-0.39, 0.29) is 5.13 Å². The van der Waals surface area contributed by atoms with Gasteiger partial charge in [-0.15, -0.1) is 10.2 Å². The lowest BCUT2D eigenvalue weighted by molar-refractivity contribution is 0.568. The van der Waals surface area contributed by atoms with E-state index in [4.69, 9.17) is 0 Å². The molecule has 0 aliphatic carbocycles. The quantitative estimate of drug-likeness (QED) is 0.758. The standard InChI is InChI=1S/C12H15FN4O2S2/c1-2-5-14-7-9-3-4-10(13)11(6-9)21(18,19)17-12-16-15-8-20-12/h3-4,6,8,14H,2,5,7H2,1H3,(H,16,17). The summed E-state index contributed by atoms with van der Waals surface area (Å²) in [6, 6.07) is 4.03. The van der Waals surface area contributed by atoms with Crippen molar-refractivity contribution in [2.75, 3.05) is 11.3 Å². The summed E-state index contributed by atoms with van der Waals surface area (Å²) in [5.41, 5.74) is 2.08. The summed E-state index contributed by atoms with van der Waals surface area (Å²) in [7, 11) is -4.01. The maximum absolute atomic E-state index is 13.8. The molecule has 0 aliphatic heterocycles. The fourth-order valence-electron chi connectivity index (χ4n) is 1.66. The lowest BCUT2D eigenvalue weighted by Crippen LogP contribution is -2.17. The van der Waals surface area contributed by atoms with Crippen molar-refractivity contribution in [3.05, 3.63) is 35.1 Å². The van der Waals surface area contributed by atoms with Crippen molar-refractivity contribution < 1.29 is 12.8 Å². The minimum Gasteiger partial charge on any atom is -0.313 e. The van der Waals surface area contributed by atoms with E-state index in [9.17, 15) is 12.8 Å². The number of rotatable bonds is 7. The molecule has 0 unspecified atom stereocenters. The highest BCUT2D eigenvalue weighted by molar-refractivity contribution is 7.93. The zero-order valence-electron chi connectivity index (χ0n) is 11.3. The molecular weight excluding hydrogens is 315 g/mol. The molecule has 0 amide bonds. The summed E-state index contributed by atoms with van der Waals surface area (Å²) in [5.74, 6) is -0.800. The molecule has 21 heavy (non-hydrogen) atoms. The van der Waals surface area contributed by atoms with Gasteiger partial charge in [-0.3, -0.25) is 4.72 Å². The molecule has 0 radical (unpaired) electrons. The van der Waals surface area contributed by atoms with Crippen LogP contribution in [0.3, 0.4) is 0 Å². The smallest absolute Gasteiger partial charge is 0.266 e. The van der Waals surface area contributed by atoms with Gasteiger partial charge in [-0.2, -0.15) is 0 Å². The number of hydrogen-bond donors (Lipinski definition) is 2. The second-order valence-electron chi connectivity index (χ2n) is 4.29. The molecule has 0 fully saturated rings. The van der Waals surface area contributed by atoms with Gasteiger partial charge in [0.15, 0.2) is 0 Å². The third-order valence-electron chi connectivity index (χ3n) is 2.62. The first-order chi connectivity index (χ1) is 10.0. The molecule has 1 heterocycles. The van der Waals surface area contributed by atoms with E-state index in [0.29, 0.717) is 12.1 Å². The zero-order chi connectivity index (χ0) is 15.3. The van der Waals surface area contributed by atoms with Gasteiger partial charge >= 0.3 is 0 Å². The molecule has 0 bridgehead atoms. The summed E-state index contributed by atoms with van der Waals surface area (Å²) in [4.78, 5) is -0.395. The highest BCUT2D eigenvalue weighted by Gasteiger charge is 2.20. The van der Waals surface area contributed by atoms with E-state index < -0.39 is 20.7 Å². The molecule has 6 nitrogen and oxygen atoms in total. The normalized spacial score (nSPS) is 11.5. The number of aromatic nitrogens is 2. The molecule has 0 spiro atoms. The van der Waals surface area contributed by atoms with E-state index in [2.05, 4.69) is 20.2 Å². The van der Waals surface area contributed by atoms with E-state index in [0.717, 1.165) is 30.4 Å². The molecule has 0 saturated heterocycles. The number of nitrogens with one attached hydrogen (secondary N) is 2. The van der Waals surface area contributed by atoms with E-state index >= 15 is 0 Å². The van der Waals surface area contributed by atoms with Crippen molar-refractivity contribution in [1.82, 2.24) is 15.5 Å². The van der Waals surface area contributed by atoms with Crippen LogP contribution < -0.4 is 10.0 Å². The van der Waals surface area contributed by atoms with Crippen LogP contribution in [-0.2, 0) is 16.6 Å². The maximum Gasteiger partial charge on any atom is 0.266 e. The third kappa shape index (κ3) is 4.19. The SMILES string of the molecule is CCCNCc1ccc(F)c(S(=O)(=O)Nc2nncs2)c1. The highest BCUT2D eigenvalue weighted by Crippen LogP contribution is 2.20. The Labute approximate surface area is 126 Å². The van der Waals surface area contributed by atoms with Crippen molar-refractivity contribution in [3.8, 4) is 0 Å². The van der Waals surface area contributed by atoms with Crippen LogP contribution >= 0.6 is 11.3 Å². The van der Waals surface area contributed by atoms with Crippen LogP contribution in [0.15, 0.2) is 28.6 Å². The van der Waals surface area contributed by atoms with Crippen LogP contribution in [-0.4, -0.2) is 25.2 Å². The highest BCUT2D eigenvalue weighted by atomic mass is 32.2. The Morgan fingerprint density at radius 1 is 1.38 bits per heavy atom. The second kappa shape index (κ2) is 6.92. The number of benzene rings is 1. The molecule has 0 aliphatic rings. The van der Waals surface area contributed by atoms with E-state index in [1.165, 1.54) is 11.6 Å². The molecule has 9 heteroatoms. The van der Waals surface area contributed by atoms with Gasteiger partial charge < -0.3 is 5.32 Å². The first-order valence-corrected chi connectivity index (χ1v) is 8.67. The van der Waals surface area contributed by atoms with Crippen LogP contribution in [0.5, 0.6) is 0 Å². The topological polar surface area (TPSA) is 84.0 Å². The van der Waals surface area contributed by atoms with Gasteiger partial charge in [-0.1, -0.05) is 24.3 Å². The summed E-state index contributed by atoms with van der Waals surface area (Å²) in [5, 5.41) is 10.3. The fourth-order valence-corrected chi connectivity index (χ4v) is 3.48. The Bertz CT molecular complexity index is 689. The molecule has 2 N–H and O–H groups in total. The van der Waals surface area contributed by atoms with Gasteiger partial charge in [-0.25, -0.2) is 12.8 Å². The number of anilines is 1. The summed E-state index contributed by atoms with van der Waals surface area (Å²) in [6.07, 6.45) is 0.963. The Morgan fingerprint density at radius 3 is 2.86 bits per heavy atom. The number of hydrogen-bond acceptors (Lipinski definition) is 6. The Balaban J connectivity index is 2.22. The van der Waals surface area contributed by atoms with Crippen molar-refractivity contribution >= 4 is 26.5 Å². The second-order valence-corrected chi connectivity index (χ2v) is 6.77. The maximum atomic E-state index is 13.8. The Hall–Kier alpha value is -1.58. The first kappa shape index (κ1) is 15.8. The molecule has 1 aromatic carbocycles. The van der Waals surface area contributed by atoms with Crippen molar-refractivity contribution in [2.24, 2.45) is 0 Å². The largest absolute Gasteiger partial charge is 0.313 e.